The molecule has 0 radical (unpaired) electrons. The number of carbonyl (C=O) groups excluding carboxylic acids is 2. The lowest BCUT2D eigenvalue weighted by Gasteiger charge is -2.28. The molecule has 164 valence electrons. The number of sulfonamides is 1. The Morgan fingerprint density at radius 3 is 2.40 bits per heavy atom. The largest absolute Gasteiger partial charge is 0.468 e. The number of nitrogens with zero attached hydrogens (tertiary/aromatic N) is 1. The Hall–Kier alpha value is -2.85. The Kier molecular flexibility index (Phi) is 8.01. The zero-order valence-electron chi connectivity index (χ0n) is 17.6. The summed E-state index contributed by atoms with van der Waals surface area (Å²) in [6.45, 7) is 7.17. The monoisotopic (exact) mass is 436 g/mol. The number of likely N-dealkylation sites (N-methyl/N-ethyl adjacent to an activating group) is 1. The van der Waals surface area contributed by atoms with E-state index in [4.69, 9.17) is 4.42 Å². The summed E-state index contributed by atoms with van der Waals surface area (Å²) < 4.78 is 31.3. The molecule has 0 fully saturated rings. The second-order valence-corrected chi connectivity index (χ2v) is 8.53. The first kappa shape index (κ1) is 23.4. The van der Waals surface area contributed by atoms with E-state index in [2.05, 4.69) is 20.3 Å². The minimum Gasteiger partial charge on any atom is -0.468 e. The molecular formula is C20H28N4O5S. The fraction of sp³-hybridized carbons (Fsp3) is 0.400. The zero-order valence-corrected chi connectivity index (χ0v) is 18.4. The summed E-state index contributed by atoms with van der Waals surface area (Å²) in [7, 11) is -3.60. The first-order valence-electron chi connectivity index (χ1n) is 9.59. The number of nitrogens with one attached hydrogen (secondary N) is 3. The highest BCUT2D eigenvalue weighted by atomic mass is 32.2. The second-order valence-electron chi connectivity index (χ2n) is 6.78. The van der Waals surface area contributed by atoms with Crippen molar-refractivity contribution in [2.45, 2.75) is 26.8 Å². The van der Waals surface area contributed by atoms with E-state index in [-0.39, 0.29) is 29.7 Å². The van der Waals surface area contributed by atoms with E-state index in [1.54, 1.807) is 12.3 Å². The van der Waals surface area contributed by atoms with Crippen LogP contribution < -0.4 is 15.4 Å². The normalized spacial score (nSPS) is 12.4. The van der Waals surface area contributed by atoms with Gasteiger partial charge in [0.15, 0.2) is 0 Å². The minimum atomic E-state index is -3.60. The Labute approximate surface area is 176 Å². The van der Waals surface area contributed by atoms with E-state index in [9.17, 15) is 18.0 Å². The highest BCUT2D eigenvalue weighted by molar-refractivity contribution is 7.92. The van der Waals surface area contributed by atoms with Crippen molar-refractivity contribution in [3.8, 4) is 0 Å². The van der Waals surface area contributed by atoms with Gasteiger partial charge in [0.1, 0.15) is 5.76 Å². The summed E-state index contributed by atoms with van der Waals surface area (Å²) in [5.74, 6) is -0.0536. The van der Waals surface area contributed by atoms with Crippen LogP contribution >= 0.6 is 0 Å². The van der Waals surface area contributed by atoms with Gasteiger partial charge in [-0.2, -0.15) is 0 Å². The third-order valence-corrected chi connectivity index (χ3v) is 5.05. The van der Waals surface area contributed by atoms with Crippen LogP contribution in [0.2, 0.25) is 0 Å². The van der Waals surface area contributed by atoms with Gasteiger partial charge in [-0.15, -0.1) is 0 Å². The van der Waals surface area contributed by atoms with Crippen molar-refractivity contribution in [2.24, 2.45) is 0 Å². The fourth-order valence-corrected chi connectivity index (χ4v) is 3.72. The molecule has 0 saturated heterocycles. The molecule has 1 heterocycles. The molecule has 1 unspecified atom stereocenters. The van der Waals surface area contributed by atoms with Crippen LogP contribution in [0.5, 0.6) is 0 Å². The SMILES string of the molecule is CCN(CC)C(CNC(=O)c1cc(NC(C)=O)ccc1NS(C)(=O)=O)c1ccco1. The number of rotatable bonds is 10. The van der Waals surface area contributed by atoms with Crippen LogP contribution in [-0.2, 0) is 14.8 Å². The molecule has 0 saturated carbocycles. The quantitative estimate of drug-likeness (QED) is 0.526. The predicted octanol–water partition coefficient (Wildman–Crippen LogP) is 2.42. The Morgan fingerprint density at radius 1 is 1.17 bits per heavy atom. The van der Waals surface area contributed by atoms with Gasteiger partial charge < -0.3 is 15.1 Å². The van der Waals surface area contributed by atoms with Gasteiger partial charge in [0.2, 0.25) is 15.9 Å². The van der Waals surface area contributed by atoms with Crippen LogP contribution in [0.3, 0.4) is 0 Å². The molecule has 0 aliphatic carbocycles. The zero-order chi connectivity index (χ0) is 22.3. The molecule has 2 rings (SSSR count). The number of hydrogen-bond donors (Lipinski definition) is 3. The molecule has 9 nitrogen and oxygen atoms in total. The molecule has 1 atom stereocenters. The molecule has 1 aromatic carbocycles. The van der Waals surface area contributed by atoms with E-state index in [0.29, 0.717) is 5.69 Å². The van der Waals surface area contributed by atoms with Gasteiger partial charge in [0.25, 0.3) is 5.91 Å². The summed E-state index contributed by atoms with van der Waals surface area (Å²) in [5.41, 5.74) is 0.615. The molecule has 1 aromatic heterocycles. The van der Waals surface area contributed by atoms with Crippen LogP contribution in [0.4, 0.5) is 11.4 Å². The summed E-state index contributed by atoms with van der Waals surface area (Å²) in [5, 5.41) is 5.45. The molecule has 0 spiro atoms. The topological polar surface area (TPSA) is 121 Å². The van der Waals surface area contributed by atoms with Crippen molar-refractivity contribution in [3.63, 3.8) is 0 Å². The highest BCUT2D eigenvalue weighted by Crippen LogP contribution is 2.23. The third kappa shape index (κ3) is 6.60. The number of amides is 2. The van der Waals surface area contributed by atoms with Crippen molar-refractivity contribution in [1.82, 2.24) is 10.2 Å². The smallest absolute Gasteiger partial charge is 0.253 e. The molecule has 30 heavy (non-hydrogen) atoms. The van der Waals surface area contributed by atoms with Crippen LogP contribution in [0, 0.1) is 0 Å². The second kappa shape index (κ2) is 10.3. The van der Waals surface area contributed by atoms with Gasteiger partial charge >= 0.3 is 0 Å². The Morgan fingerprint density at radius 2 is 1.87 bits per heavy atom. The van der Waals surface area contributed by atoms with Crippen molar-refractivity contribution in [1.29, 1.82) is 0 Å². The maximum Gasteiger partial charge on any atom is 0.253 e. The molecule has 0 aliphatic rings. The molecule has 10 heteroatoms. The van der Waals surface area contributed by atoms with Crippen LogP contribution in [-0.4, -0.2) is 51.0 Å². The number of hydrogen-bond acceptors (Lipinski definition) is 6. The van der Waals surface area contributed by atoms with Crippen LogP contribution in [0.1, 0.15) is 42.9 Å². The first-order chi connectivity index (χ1) is 14.1. The predicted molar refractivity (Wildman–Crippen MR) is 116 cm³/mol. The van der Waals surface area contributed by atoms with E-state index >= 15 is 0 Å². The Balaban J connectivity index is 2.29. The standard InChI is InChI=1S/C20H28N4O5S/c1-5-24(6-2)18(19-8-7-11-29-19)13-21-20(26)16-12-15(22-14(3)25)9-10-17(16)23-30(4,27)28/h7-12,18,23H,5-6,13H2,1-4H3,(H,21,26)(H,22,25). The molecule has 2 amide bonds. The third-order valence-electron chi connectivity index (χ3n) is 4.46. The van der Waals surface area contributed by atoms with Gasteiger partial charge in [-0.05, 0) is 43.4 Å². The van der Waals surface area contributed by atoms with E-state index in [0.717, 1.165) is 25.1 Å². The molecular weight excluding hydrogens is 408 g/mol. The maximum atomic E-state index is 13.0. The van der Waals surface area contributed by atoms with Crippen molar-refractivity contribution < 1.29 is 22.4 Å². The summed E-state index contributed by atoms with van der Waals surface area (Å²) >= 11 is 0. The first-order valence-corrected chi connectivity index (χ1v) is 11.5. The van der Waals surface area contributed by atoms with E-state index < -0.39 is 15.9 Å². The van der Waals surface area contributed by atoms with Gasteiger partial charge in [0, 0.05) is 19.2 Å². The lowest BCUT2D eigenvalue weighted by molar-refractivity contribution is -0.114. The number of benzene rings is 1. The van der Waals surface area contributed by atoms with Gasteiger partial charge in [-0.3, -0.25) is 19.2 Å². The molecule has 0 bridgehead atoms. The Bertz CT molecular complexity index is 969. The van der Waals surface area contributed by atoms with Crippen molar-refractivity contribution >= 4 is 33.2 Å². The van der Waals surface area contributed by atoms with Gasteiger partial charge in [-0.1, -0.05) is 13.8 Å². The summed E-state index contributed by atoms with van der Waals surface area (Å²) in [6, 6.07) is 7.86. The highest BCUT2D eigenvalue weighted by Gasteiger charge is 2.23. The molecule has 2 aromatic rings. The van der Waals surface area contributed by atoms with Gasteiger partial charge in [-0.25, -0.2) is 8.42 Å². The number of furan rings is 1. The lowest BCUT2D eigenvalue weighted by Crippen LogP contribution is -2.38. The van der Waals surface area contributed by atoms with E-state index in [1.807, 2.05) is 19.9 Å². The molecule has 0 aliphatic heterocycles. The van der Waals surface area contributed by atoms with Crippen molar-refractivity contribution in [2.75, 3.05) is 35.9 Å². The maximum absolute atomic E-state index is 13.0. The van der Waals surface area contributed by atoms with Crippen LogP contribution in [0.15, 0.2) is 41.0 Å². The summed E-state index contributed by atoms with van der Waals surface area (Å²) in [6.07, 6.45) is 2.59. The number of carbonyl (C=O) groups is 2. The molecule has 3 N–H and O–H groups in total. The minimum absolute atomic E-state index is 0.101. The average molecular weight is 437 g/mol. The average Bonchev–Trinajstić information content (AvgIpc) is 3.19. The summed E-state index contributed by atoms with van der Waals surface area (Å²) in [4.78, 5) is 26.5. The van der Waals surface area contributed by atoms with E-state index in [1.165, 1.54) is 25.1 Å². The number of anilines is 2. The lowest BCUT2D eigenvalue weighted by atomic mass is 10.1. The van der Waals surface area contributed by atoms with Crippen molar-refractivity contribution in [3.05, 3.63) is 47.9 Å². The van der Waals surface area contributed by atoms with Crippen LogP contribution in [0.25, 0.3) is 0 Å². The fourth-order valence-electron chi connectivity index (χ4n) is 3.14. The van der Waals surface area contributed by atoms with Gasteiger partial charge in [0.05, 0.1) is 29.8 Å².